The minimum absolute atomic E-state index is 0.137. The molecule has 0 saturated heterocycles. The molecule has 0 radical (unpaired) electrons. The van der Waals surface area contributed by atoms with E-state index < -0.39 is 0 Å². The molecule has 1 aliphatic heterocycles. The maximum atomic E-state index is 13.0. The van der Waals surface area contributed by atoms with E-state index in [1.54, 1.807) is 36.5 Å². The maximum Gasteiger partial charge on any atom is 0.256 e. The average Bonchev–Trinajstić information content (AvgIpc) is 3.16. The van der Waals surface area contributed by atoms with Crippen LogP contribution in [0.3, 0.4) is 0 Å². The number of thioether (sulfide) groups is 1. The summed E-state index contributed by atoms with van der Waals surface area (Å²) in [5, 5.41) is 3.17. The third-order valence-electron chi connectivity index (χ3n) is 3.77. The number of carbonyl (C=O) groups excluding carboxylic acids is 1. The zero-order valence-electron chi connectivity index (χ0n) is 14.1. The molecule has 2 heterocycles. The summed E-state index contributed by atoms with van der Waals surface area (Å²) in [5.74, 6) is 1.43. The molecule has 138 valence electrons. The first-order chi connectivity index (χ1) is 13.2. The normalized spacial score (nSPS) is 12.6. The van der Waals surface area contributed by atoms with E-state index in [1.807, 2.05) is 0 Å². The Labute approximate surface area is 158 Å². The van der Waals surface area contributed by atoms with Gasteiger partial charge in [-0.3, -0.25) is 4.79 Å². The minimum Gasteiger partial charge on any atom is -0.486 e. The Morgan fingerprint density at radius 1 is 1.11 bits per heavy atom. The van der Waals surface area contributed by atoms with E-state index in [0.717, 1.165) is 5.56 Å². The highest BCUT2D eigenvalue weighted by molar-refractivity contribution is 7.99. The number of nitrogens with zero attached hydrogens (tertiary/aromatic N) is 1. The van der Waals surface area contributed by atoms with E-state index >= 15 is 0 Å². The summed E-state index contributed by atoms with van der Waals surface area (Å²) in [6.07, 6.45) is 1.55. The molecule has 1 aromatic heterocycles. The Kier molecular flexibility index (Phi) is 4.97. The molecule has 3 aromatic rings. The molecule has 0 aliphatic carbocycles. The van der Waals surface area contributed by atoms with E-state index in [9.17, 15) is 9.18 Å². The van der Waals surface area contributed by atoms with Crippen LogP contribution in [0.2, 0.25) is 0 Å². The van der Waals surface area contributed by atoms with Gasteiger partial charge in [-0.25, -0.2) is 9.37 Å². The van der Waals surface area contributed by atoms with Crippen molar-refractivity contribution >= 4 is 23.4 Å². The number of amides is 1. The highest BCUT2D eigenvalue weighted by atomic mass is 32.2. The molecule has 6 nitrogen and oxygen atoms in total. The first-order valence-corrected chi connectivity index (χ1v) is 9.20. The van der Waals surface area contributed by atoms with Gasteiger partial charge in [0, 0.05) is 17.3 Å². The molecule has 1 N–H and O–H groups in total. The molecule has 0 unspecified atom stereocenters. The first kappa shape index (κ1) is 17.4. The van der Waals surface area contributed by atoms with E-state index in [4.69, 9.17) is 13.9 Å². The minimum atomic E-state index is -0.316. The summed E-state index contributed by atoms with van der Waals surface area (Å²) in [6, 6.07) is 11.2. The van der Waals surface area contributed by atoms with Gasteiger partial charge in [0.2, 0.25) is 5.91 Å². The van der Waals surface area contributed by atoms with Crippen LogP contribution in [0.15, 0.2) is 58.3 Å². The number of aromatic nitrogens is 1. The fourth-order valence-corrected chi connectivity index (χ4v) is 3.12. The van der Waals surface area contributed by atoms with Gasteiger partial charge in [0.05, 0.1) is 11.9 Å². The summed E-state index contributed by atoms with van der Waals surface area (Å²) in [6.45, 7) is 1.01. The Morgan fingerprint density at radius 3 is 2.70 bits per heavy atom. The third kappa shape index (κ3) is 4.22. The Balaban J connectivity index is 1.34. The van der Waals surface area contributed by atoms with Gasteiger partial charge >= 0.3 is 0 Å². The smallest absolute Gasteiger partial charge is 0.256 e. The van der Waals surface area contributed by atoms with Crippen LogP contribution in [0.1, 0.15) is 0 Å². The van der Waals surface area contributed by atoms with Crippen molar-refractivity contribution in [2.24, 2.45) is 0 Å². The molecular weight excluding hydrogens is 371 g/mol. The molecular formula is C19H15FN2O4S. The van der Waals surface area contributed by atoms with Crippen molar-refractivity contribution in [1.29, 1.82) is 0 Å². The molecule has 8 heteroatoms. The third-order valence-corrected chi connectivity index (χ3v) is 4.61. The lowest BCUT2D eigenvalue weighted by Gasteiger charge is -2.18. The standard InChI is InChI=1S/C19H15FN2O4S/c20-13-3-1-12(2-4-13)17-10-21-19(26-17)27-11-18(23)22-14-5-6-15-16(9-14)25-8-7-24-15/h1-6,9-10H,7-8,11H2,(H,22,23). The van der Waals surface area contributed by atoms with Crippen LogP contribution in [0.5, 0.6) is 11.5 Å². The van der Waals surface area contributed by atoms with Gasteiger partial charge in [0.15, 0.2) is 17.3 Å². The van der Waals surface area contributed by atoms with E-state index in [-0.39, 0.29) is 17.5 Å². The number of oxazole rings is 1. The summed E-state index contributed by atoms with van der Waals surface area (Å²) >= 11 is 1.18. The largest absolute Gasteiger partial charge is 0.486 e. The topological polar surface area (TPSA) is 73.6 Å². The number of hydrogen-bond acceptors (Lipinski definition) is 6. The quantitative estimate of drug-likeness (QED) is 0.669. The lowest BCUT2D eigenvalue weighted by molar-refractivity contribution is -0.113. The number of nitrogens with one attached hydrogen (secondary N) is 1. The number of anilines is 1. The molecule has 0 bridgehead atoms. The van der Waals surface area contributed by atoms with Crippen LogP contribution >= 0.6 is 11.8 Å². The number of rotatable bonds is 5. The van der Waals surface area contributed by atoms with Crippen LogP contribution in [0.25, 0.3) is 11.3 Å². The van der Waals surface area contributed by atoms with Gasteiger partial charge in [-0.1, -0.05) is 11.8 Å². The maximum absolute atomic E-state index is 13.0. The van der Waals surface area contributed by atoms with Crippen LogP contribution in [-0.4, -0.2) is 29.9 Å². The second-order valence-electron chi connectivity index (χ2n) is 5.69. The van der Waals surface area contributed by atoms with Gasteiger partial charge in [0.1, 0.15) is 19.0 Å². The Bertz CT molecular complexity index is 959. The first-order valence-electron chi connectivity index (χ1n) is 8.21. The van der Waals surface area contributed by atoms with E-state index in [1.165, 1.54) is 23.9 Å². The molecule has 2 aromatic carbocycles. The summed E-state index contributed by atoms with van der Waals surface area (Å²) in [5.41, 5.74) is 1.35. The summed E-state index contributed by atoms with van der Waals surface area (Å²) in [7, 11) is 0. The Morgan fingerprint density at radius 2 is 1.89 bits per heavy atom. The van der Waals surface area contributed by atoms with E-state index in [0.29, 0.717) is 41.4 Å². The lowest BCUT2D eigenvalue weighted by atomic mass is 10.2. The van der Waals surface area contributed by atoms with Gasteiger partial charge in [-0.15, -0.1) is 0 Å². The van der Waals surface area contributed by atoms with Crippen molar-refractivity contribution < 1.29 is 23.1 Å². The van der Waals surface area contributed by atoms with Crippen molar-refractivity contribution in [1.82, 2.24) is 4.98 Å². The van der Waals surface area contributed by atoms with Crippen LogP contribution < -0.4 is 14.8 Å². The molecule has 1 aliphatic rings. The highest BCUT2D eigenvalue weighted by Gasteiger charge is 2.14. The fraction of sp³-hybridized carbons (Fsp3) is 0.158. The van der Waals surface area contributed by atoms with Crippen molar-refractivity contribution in [2.75, 3.05) is 24.3 Å². The number of carbonyl (C=O) groups is 1. The summed E-state index contributed by atoms with van der Waals surface area (Å²) < 4.78 is 29.5. The second-order valence-corrected chi connectivity index (χ2v) is 6.62. The van der Waals surface area contributed by atoms with Crippen molar-refractivity contribution in [3.05, 3.63) is 54.5 Å². The molecule has 0 atom stereocenters. The number of halogens is 1. The van der Waals surface area contributed by atoms with Gasteiger partial charge in [0.25, 0.3) is 5.22 Å². The Hall–Kier alpha value is -3.00. The van der Waals surface area contributed by atoms with Crippen molar-refractivity contribution in [2.45, 2.75) is 5.22 Å². The van der Waals surface area contributed by atoms with Crippen LogP contribution in [0.4, 0.5) is 10.1 Å². The summed E-state index contributed by atoms with van der Waals surface area (Å²) in [4.78, 5) is 16.3. The van der Waals surface area contributed by atoms with Crippen LogP contribution in [0, 0.1) is 5.82 Å². The molecule has 0 fully saturated rings. The zero-order chi connectivity index (χ0) is 18.6. The molecule has 0 spiro atoms. The van der Waals surface area contributed by atoms with E-state index in [2.05, 4.69) is 10.3 Å². The monoisotopic (exact) mass is 386 g/mol. The molecule has 0 saturated carbocycles. The number of benzene rings is 2. The van der Waals surface area contributed by atoms with Gasteiger partial charge < -0.3 is 19.2 Å². The molecule has 27 heavy (non-hydrogen) atoms. The number of fused-ring (bicyclic) bond motifs is 1. The highest BCUT2D eigenvalue weighted by Crippen LogP contribution is 2.32. The number of hydrogen-bond donors (Lipinski definition) is 1. The van der Waals surface area contributed by atoms with Gasteiger partial charge in [-0.05, 0) is 36.4 Å². The van der Waals surface area contributed by atoms with Crippen LogP contribution in [-0.2, 0) is 4.79 Å². The zero-order valence-corrected chi connectivity index (χ0v) is 14.9. The second kappa shape index (κ2) is 7.71. The SMILES string of the molecule is O=C(CSc1ncc(-c2ccc(F)cc2)o1)Nc1ccc2c(c1)OCCO2. The predicted octanol–water partition coefficient (Wildman–Crippen LogP) is 3.98. The molecule has 1 amide bonds. The average molecular weight is 386 g/mol. The van der Waals surface area contributed by atoms with Crippen molar-refractivity contribution in [3.63, 3.8) is 0 Å². The lowest BCUT2D eigenvalue weighted by Crippen LogP contribution is -2.17. The van der Waals surface area contributed by atoms with Crippen molar-refractivity contribution in [3.8, 4) is 22.8 Å². The number of ether oxygens (including phenoxy) is 2. The predicted molar refractivity (Wildman–Crippen MR) is 98.7 cm³/mol. The molecule has 4 rings (SSSR count). The fourth-order valence-electron chi connectivity index (χ4n) is 2.52. The van der Waals surface area contributed by atoms with Gasteiger partial charge in [-0.2, -0.15) is 0 Å².